The second-order valence-electron chi connectivity index (χ2n) is 1.74. The number of allylic oxidation sites excluding steroid dienone is 1. The minimum atomic E-state index is -0.303. The van der Waals surface area contributed by atoms with Crippen LogP contribution in [0.1, 0.15) is 6.92 Å². The van der Waals surface area contributed by atoms with Crippen molar-refractivity contribution < 1.29 is 19.4 Å². The van der Waals surface area contributed by atoms with Gasteiger partial charge >= 0.3 is 5.97 Å². The van der Waals surface area contributed by atoms with Crippen LogP contribution in [-0.4, -0.2) is 38.5 Å². The van der Waals surface area contributed by atoms with Gasteiger partial charge in [-0.3, -0.25) is 0 Å². The molecular formula is C8H16O4. The lowest BCUT2D eigenvalue weighted by Gasteiger charge is -1.84. The van der Waals surface area contributed by atoms with Crippen molar-refractivity contribution in [3.8, 4) is 0 Å². The molecule has 0 heterocycles. The molecule has 72 valence electrons. The van der Waals surface area contributed by atoms with Crippen LogP contribution in [-0.2, 0) is 14.3 Å². The predicted molar refractivity (Wildman–Crippen MR) is 45.8 cm³/mol. The molecule has 0 unspecified atom stereocenters. The van der Waals surface area contributed by atoms with Crippen LogP contribution in [0.25, 0.3) is 0 Å². The minimum Gasteiger partial charge on any atom is -0.466 e. The average Bonchev–Trinajstić information content (AvgIpc) is 2.07. The molecule has 0 aromatic rings. The molecule has 0 fully saturated rings. The lowest BCUT2D eigenvalue weighted by Crippen LogP contribution is -1.92. The first kappa shape index (κ1) is 13.7. The lowest BCUT2D eigenvalue weighted by molar-refractivity contribution is -0.134. The van der Waals surface area contributed by atoms with E-state index in [0.717, 1.165) is 0 Å². The smallest absolute Gasteiger partial charge is 0.330 e. The standard InChI is InChI=1S/C5H8O2.C3H8O2/c1-3-4-5(6)7-2;1-5-3-2-4/h3-4H,1-2H3;4H,2-3H2,1H3/b4-3+;. The second-order valence-corrected chi connectivity index (χ2v) is 1.74. The van der Waals surface area contributed by atoms with Crippen molar-refractivity contribution in [2.24, 2.45) is 0 Å². The van der Waals surface area contributed by atoms with Crippen molar-refractivity contribution in [3.05, 3.63) is 12.2 Å². The monoisotopic (exact) mass is 176 g/mol. The average molecular weight is 176 g/mol. The SMILES string of the molecule is C/C=C/C(=O)OC.COCCO. The molecule has 0 aromatic heterocycles. The topological polar surface area (TPSA) is 55.8 Å². The third-order valence-electron chi connectivity index (χ3n) is 0.799. The predicted octanol–water partition coefficient (Wildman–Crippen LogP) is 0.361. The molecule has 0 saturated heterocycles. The molecule has 4 heteroatoms. The molecule has 0 bridgehead atoms. The molecule has 0 rings (SSSR count). The maximum Gasteiger partial charge on any atom is 0.330 e. The fourth-order valence-corrected chi connectivity index (χ4v) is 0.295. The van der Waals surface area contributed by atoms with Gasteiger partial charge in [-0.25, -0.2) is 4.79 Å². The van der Waals surface area contributed by atoms with Gasteiger partial charge in [-0.1, -0.05) is 6.08 Å². The van der Waals surface area contributed by atoms with Gasteiger partial charge in [-0.2, -0.15) is 0 Å². The van der Waals surface area contributed by atoms with Crippen LogP contribution < -0.4 is 0 Å². The number of rotatable bonds is 3. The van der Waals surface area contributed by atoms with Crippen molar-refractivity contribution in [1.82, 2.24) is 0 Å². The number of ether oxygens (including phenoxy) is 2. The largest absolute Gasteiger partial charge is 0.466 e. The van der Waals surface area contributed by atoms with Crippen LogP contribution in [0.3, 0.4) is 0 Å². The molecule has 0 aliphatic carbocycles. The van der Waals surface area contributed by atoms with E-state index in [4.69, 9.17) is 5.11 Å². The quantitative estimate of drug-likeness (QED) is 0.498. The van der Waals surface area contributed by atoms with Crippen molar-refractivity contribution in [2.45, 2.75) is 6.92 Å². The summed E-state index contributed by atoms with van der Waals surface area (Å²) >= 11 is 0. The van der Waals surface area contributed by atoms with Crippen molar-refractivity contribution in [3.63, 3.8) is 0 Å². The first-order valence-electron chi connectivity index (χ1n) is 3.53. The highest BCUT2D eigenvalue weighted by Gasteiger charge is 1.84. The normalized spacial score (nSPS) is 9.00. The van der Waals surface area contributed by atoms with Crippen molar-refractivity contribution in [1.29, 1.82) is 0 Å². The number of carbonyl (C=O) groups excluding carboxylic acids is 1. The van der Waals surface area contributed by atoms with Crippen molar-refractivity contribution >= 4 is 5.97 Å². The Morgan fingerprint density at radius 3 is 2.17 bits per heavy atom. The minimum absolute atomic E-state index is 0.122. The van der Waals surface area contributed by atoms with E-state index >= 15 is 0 Å². The van der Waals surface area contributed by atoms with E-state index in [1.165, 1.54) is 13.2 Å². The zero-order valence-electron chi connectivity index (χ0n) is 7.74. The third-order valence-corrected chi connectivity index (χ3v) is 0.799. The van der Waals surface area contributed by atoms with E-state index < -0.39 is 0 Å². The molecule has 0 aliphatic rings. The Balaban J connectivity index is 0. The van der Waals surface area contributed by atoms with Gasteiger partial charge in [0.25, 0.3) is 0 Å². The van der Waals surface area contributed by atoms with E-state index in [-0.39, 0.29) is 12.6 Å². The molecule has 12 heavy (non-hydrogen) atoms. The zero-order chi connectivity index (χ0) is 9.82. The summed E-state index contributed by atoms with van der Waals surface area (Å²) in [6.07, 6.45) is 2.99. The number of hydrogen-bond acceptors (Lipinski definition) is 4. The number of aliphatic hydroxyl groups excluding tert-OH is 1. The van der Waals surface area contributed by atoms with E-state index in [0.29, 0.717) is 6.61 Å². The Labute approximate surface area is 72.8 Å². The first-order valence-corrected chi connectivity index (χ1v) is 3.53. The summed E-state index contributed by atoms with van der Waals surface area (Å²) in [4.78, 5) is 10.1. The summed E-state index contributed by atoms with van der Waals surface area (Å²) in [7, 11) is 2.90. The Morgan fingerprint density at radius 1 is 1.50 bits per heavy atom. The van der Waals surface area contributed by atoms with E-state index in [9.17, 15) is 4.79 Å². The van der Waals surface area contributed by atoms with Gasteiger partial charge in [-0.15, -0.1) is 0 Å². The highest BCUT2D eigenvalue weighted by molar-refractivity contribution is 5.81. The van der Waals surface area contributed by atoms with Gasteiger partial charge < -0.3 is 14.6 Å². The fraction of sp³-hybridized carbons (Fsp3) is 0.625. The summed E-state index contributed by atoms with van der Waals surface area (Å²) in [5.41, 5.74) is 0. The molecule has 0 saturated carbocycles. The molecule has 0 spiro atoms. The van der Waals surface area contributed by atoms with Gasteiger partial charge in [0.05, 0.1) is 20.3 Å². The van der Waals surface area contributed by atoms with Crippen LogP contribution in [0, 0.1) is 0 Å². The summed E-state index contributed by atoms with van der Waals surface area (Å²) < 4.78 is 8.71. The van der Waals surface area contributed by atoms with Crippen LogP contribution >= 0.6 is 0 Å². The second kappa shape index (κ2) is 12.8. The van der Waals surface area contributed by atoms with E-state index in [1.807, 2.05) is 0 Å². The Morgan fingerprint density at radius 2 is 2.08 bits per heavy atom. The zero-order valence-corrected chi connectivity index (χ0v) is 7.74. The lowest BCUT2D eigenvalue weighted by atomic mass is 10.5. The van der Waals surface area contributed by atoms with Gasteiger partial charge in [-0.05, 0) is 6.92 Å². The molecule has 4 nitrogen and oxygen atoms in total. The summed E-state index contributed by atoms with van der Waals surface area (Å²) in [6.45, 7) is 2.33. The molecule has 0 amide bonds. The van der Waals surface area contributed by atoms with Gasteiger partial charge in [0.15, 0.2) is 0 Å². The third kappa shape index (κ3) is 16.1. The summed E-state index contributed by atoms with van der Waals surface area (Å²) in [5, 5.41) is 7.94. The number of esters is 1. The molecular weight excluding hydrogens is 160 g/mol. The van der Waals surface area contributed by atoms with Gasteiger partial charge in [0.2, 0.25) is 0 Å². The maximum absolute atomic E-state index is 10.1. The van der Waals surface area contributed by atoms with Crippen LogP contribution in [0.2, 0.25) is 0 Å². The highest BCUT2D eigenvalue weighted by Crippen LogP contribution is 1.73. The number of methoxy groups -OCH3 is 2. The molecule has 0 aliphatic heterocycles. The Bertz CT molecular complexity index is 118. The summed E-state index contributed by atoms with van der Waals surface area (Å²) in [5.74, 6) is -0.303. The molecule has 1 N–H and O–H groups in total. The highest BCUT2D eigenvalue weighted by atomic mass is 16.5. The van der Waals surface area contributed by atoms with E-state index in [2.05, 4.69) is 9.47 Å². The molecule has 0 atom stereocenters. The molecule has 0 radical (unpaired) electrons. The number of carbonyl (C=O) groups is 1. The van der Waals surface area contributed by atoms with E-state index in [1.54, 1.807) is 20.1 Å². The van der Waals surface area contributed by atoms with Crippen LogP contribution in [0.15, 0.2) is 12.2 Å². The van der Waals surface area contributed by atoms with Gasteiger partial charge in [0, 0.05) is 13.2 Å². The Kier molecular flexibility index (Phi) is 14.6. The first-order chi connectivity index (χ1) is 5.72. The molecule has 0 aromatic carbocycles. The summed E-state index contributed by atoms with van der Waals surface area (Å²) in [6, 6.07) is 0. The van der Waals surface area contributed by atoms with Crippen LogP contribution in [0.4, 0.5) is 0 Å². The number of aliphatic hydroxyl groups is 1. The maximum atomic E-state index is 10.1. The van der Waals surface area contributed by atoms with Crippen molar-refractivity contribution in [2.75, 3.05) is 27.4 Å². The Hall–Kier alpha value is -0.870. The van der Waals surface area contributed by atoms with Crippen LogP contribution in [0.5, 0.6) is 0 Å². The van der Waals surface area contributed by atoms with Gasteiger partial charge in [0.1, 0.15) is 0 Å². The fourth-order valence-electron chi connectivity index (χ4n) is 0.295. The number of hydrogen-bond donors (Lipinski definition) is 1.